The van der Waals surface area contributed by atoms with Crippen LogP contribution >= 0.6 is 0 Å². The molecule has 176 valence electrons. The summed E-state index contributed by atoms with van der Waals surface area (Å²) in [6.07, 6.45) is -1.15. The Bertz CT molecular complexity index is 1050. The number of halogens is 3. The van der Waals surface area contributed by atoms with E-state index in [1.54, 1.807) is 0 Å². The summed E-state index contributed by atoms with van der Waals surface area (Å²) in [6, 6.07) is 5.96. The lowest BCUT2D eigenvalue weighted by Gasteiger charge is -2.34. The largest absolute Gasteiger partial charge is 0.435 e. The molecule has 0 bridgehead atoms. The molecule has 2 aromatic rings. The first-order valence-corrected chi connectivity index (χ1v) is 11.6. The first kappa shape index (κ1) is 24.2. The highest BCUT2D eigenvalue weighted by atomic mass is 32.2. The maximum atomic E-state index is 13.1. The summed E-state index contributed by atoms with van der Waals surface area (Å²) in [5.41, 5.74) is -1.22. The van der Waals surface area contributed by atoms with Gasteiger partial charge in [-0.15, -0.1) is 0 Å². The van der Waals surface area contributed by atoms with Gasteiger partial charge >= 0.3 is 6.18 Å². The van der Waals surface area contributed by atoms with E-state index in [9.17, 15) is 26.4 Å². The molecule has 1 aromatic heterocycles. The zero-order valence-corrected chi connectivity index (χ0v) is 18.3. The molecule has 0 saturated carbocycles. The summed E-state index contributed by atoms with van der Waals surface area (Å²) in [5, 5.41) is 14.8. The number of hydrogen-bond acceptors (Lipinski definition) is 5. The number of nitrogens with one attached hydrogen (secondary N) is 1. The van der Waals surface area contributed by atoms with Crippen LogP contribution in [0.25, 0.3) is 0 Å². The molecule has 3 rings (SSSR count). The van der Waals surface area contributed by atoms with E-state index in [1.165, 1.54) is 35.6 Å². The highest BCUT2D eigenvalue weighted by molar-refractivity contribution is 7.89. The van der Waals surface area contributed by atoms with E-state index in [4.69, 9.17) is 5.11 Å². The number of aromatic nitrogens is 2. The summed E-state index contributed by atoms with van der Waals surface area (Å²) in [6.45, 7) is 0.402. The van der Waals surface area contributed by atoms with Crippen LogP contribution in [0.2, 0.25) is 0 Å². The monoisotopic (exact) mass is 474 g/mol. The number of aryl methyl sites for hydroxylation is 1. The normalized spacial score (nSPS) is 18.0. The molecule has 1 amide bonds. The zero-order valence-electron chi connectivity index (χ0n) is 17.5. The Labute approximate surface area is 184 Å². The van der Waals surface area contributed by atoms with Gasteiger partial charge in [0.15, 0.2) is 5.69 Å². The van der Waals surface area contributed by atoms with Gasteiger partial charge in [0.25, 0.3) is 5.91 Å². The third-order valence-electron chi connectivity index (χ3n) is 5.39. The first-order valence-electron chi connectivity index (χ1n) is 10.2. The van der Waals surface area contributed by atoms with Gasteiger partial charge in [0.1, 0.15) is 5.69 Å². The summed E-state index contributed by atoms with van der Waals surface area (Å²) in [5.74, 6) is -0.800. The van der Waals surface area contributed by atoms with Crippen molar-refractivity contribution in [2.24, 2.45) is 7.05 Å². The Hall–Kier alpha value is -2.44. The lowest BCUT2D eigenvalue weighted by atomic mass is 10.0. The third-order valence-corrected chi connectivity index (χ3v) is 7.36. The van der Waals surface area contributed by atoms with Crippen molar-refractivity contribution in [1.29, 1.82) is 0 Å². The Morgan fingerprint density at radius 3 is 2.53 bits per heavy atom. The van der Waals surface area contributed by atoms with Crippen LogP contribution in [-0.2, 0) is 23.2 Å². The molecule has 0 spiro atoms. The molecule has 2 heterocycles. The second-order valence-corrected chi connectivity index (χ2v) is 9.54. The lowest BCUT2D eigenvalue weighted by Crippen LogP contribution is -2.43. The lowest BCUT2D eigenvalue weighted by molar-refractivity contribution is -0.141. The van der Waals surface area contributed by atoms with E-state index in [-0.39, 0.29) is 28.9 Å². The molecule has 1 atom stereocenters. The van der Waals surface area contributed by atoms with Crippen molar-refractivity contribution in [1.82, 2.24) is 14.1 Å². The average Bonchev–Trinajstić information content (AvgIpc) is 3.15. The minimum Gasteiger partial charge on any atom is -0.396 e. The predicted octanol–water partition coefficient (Wildman–Crippen LogP) is 3.01. The van der Waals surface area contributed by atoms with Gasteiger partial charge in [-0.05, 0) is 49.9 Å². The molecule has 1 saturated heterocycles. The van der Waals surface area contributed by atoms with Crippen LogP contribution in [0.3, 0.4) is 0 Å². The highest BCUT2D eigenvalue weighted by Gasteiger charge is 2.36. The molecule has 2 N–H and O–H groups in total. The number of carbonyl (C=O) groups excluding carboxylic acids is 1. The van der Waals surface area contributed by atoms with Gasteiger partial charge in [-0.3, -0.25) is 9.48 Å². The van der Waals surface area contributed by atoms with Crippen LogP contribution in [0.4, 0.5) is 18.9 Å². The Kier molecular flexibility index (Phi) is 7.25. The predicted molar refractivity (Wildman–Crippen MR) is 110 cm³/mol. The zero-order chi connectivity index (χ0) is 23.5. The SMILES string of the molecule is Cn1nc(C(F)(F)F)cc1C(=O)Nc1ccc(S(=O)(=O)N2CCCCC2CCCO)cc1. The third kappa shape index (κ3) is 5.30. The van der Waals surface area contributed by atoms with E-state index in [2.05, 4.69) is 10.4 Å². The van der Waals surface area contributed by atoms with Gasteiger partial charge in [-0.2, -0.15) is 22.6 Å². The molecule has 1 aliphatic rings. The second-order valence-electron chi connectivity index (χ2n) is 7.65. The summed E-state index contributed by atoms with van der Waals surface area (Å²) < 4.78 is 66.9. The number of rotatable bonds is 7. The molecule has 1 fully saturated rings. The van der Waals surface area contributed by atoms with Crippen LogP contribution in [-0.4, -0.2) is 52.7 Å². The number of amides is 1. The van der Waals surface area contributed by atoms with Gasteiger partial charge in [0.05, 0.1) is 4.90 Å². The molecular weight excluding hydrogens is 449 g/mol. The maximum Gasteiger partial charge on any atom is 0.435 e. The number of nitrogens with zero attached hydrogens (tertiary/aromatic N) is 3. The Morgan fingerprint density at radius 2 is 1.94 bits per heavy atom. The number of hydrogen-bond donors (Lipinski definition) is 2. The van der Waals surface area contributed by atoms with Gasteiger partial charge in [0, 0.05) is 38.0 Å². The standard InChI is InChI=1S/C20H25F3N4O4S/c1-26-17(13-18(25-26)20(21,22)23)19(29)24-14-7-9-16(10-8-14)32(30,31)27-11-3-2-5-15(27)6-4-12-28/h7-10,13,15,28H,2-6,11-12H2,1H3,(H,24,29). The van der Waals surface area contributed by atoms with Crippen LogP contribution in [0.5, 0.6) is 0 Å². The van der Waals surface area contributed by atoms with Crippen molar-refractivity contribution in [2.45, 2.75) is 49.2 Å². The highest BCUT2D eigenvalue weighted by Crippen LogP contribution is 2.30. The number of anilines is 1. The maximum absolute atomic E-state index is 13.1. The van der Waals surface area contributed by atoms with E-state index in [1.807, 2.05) is 0 Å². The fourth-order valence-electron chi connectivity index (χ4n) is 3.76. The molecule has 1 aliphatic heterocycles. The van der Waals surface area contributed by atoms with E-state index in [0.717, 1.165) is 23.9 Å². The summed E-state index contributed by atoms with van der Waals surface area (Å²) in [4.78, 5) is 12.4. The molecule has 0 radical (unpaired) electrons. The van der Waals surface area contributed by atoms with E-state index >= 15 is 0 Å². The number of piperidine rings is 1. The molecule has 8 nitrogen and oxygen atoms in total. The smallest absolute Gasteiger partial charge is 0.396 e. The second kappa shape index (κ2) is 9.59. The fourth-order valence-corrected chi connectivity index (χ4v) is 5.49. The first-order chi connectivity index (χ1) is 15.0. The van der Waals surface area contributed by atoms with Crippen molar-refractivity contribution < 1.29 is 31.5 Å². The van der Waals surface area contributed by atoms with Crippen LogP contribution in [0.1, 0.15) is 48.3 Å². The van der Waals surface area contributed by atoms with Crippen LogP contribution < -0.4 is 5.32 Å². The summed E-state index contributed by atoms with van der Waals surface area (Å²) in [7, 11) is -2.53. The number of sulfonamides is 1. The fraction of sp³-hybridized carbons (Fsp3) is 0.500. The van der Waals surface area contributed by atoms with Gasteiger partial charge < -0.3 is 10.4 Å². The van der Waals surface area contributed by atoms with E-state index in [0.29, 0.717) is 25.5 Å². The minimum atomic E-state index is -4.67. The number of alkyl halides is 3. The van der Waals surface area contributed by atoms with Crippen molar-refractivity contribution in [2.75, 3.05) is 18.5 Å². The Balaban J connectivity index is 1.74. The van der Waals surface area contributed by atoms with Crippen LogP contribution in [0, 0.1) is 0 Å². The van der Waals surface area contributed by atoms with Crippen molar-refractivity contribution in [3.8, 4) is 0 Å². The molecule has 1 unspecified atom stereocenters. The van der Waals surface area contributed by atoms with Crippen molar-refractivity contribution >= 4 is 21.6 Å². The molecule has 0 aliphatic carbocycles. The topological polar surface area (TPSA) is 105 Å². The van der Waals surface area contributed by atoms with Gasteiger partial charge in [-0.1, -0.05) is 6.42 Å². The summed E-state index contributed by atoms with van der Waals surface area (Å²) >= 11 is 0. The average molecular weight is 475 g/mol. The van der Waals surface area contributed by atoms with Crippen molar-refractivity contribution in [3.05, 3.63) is 41.7 Å². The van der Waals surface area contributed by atoms with Crippen molar-refractivity contribution in [3.63, 3.8) is 0 Å². The quantitative estimate of drug-likeness (QED) is 0.642. The van der Waals surface area contributed by atoms with Gasteiger partial charge in [-0.25, -0.2) is 8.42 Å². The van der Waals surface area contributed by atoms with Crippen LogP contribution in [0.15, 0.2) is 35.2 Å². The number of carbonyl (C=O) groups is 1. The minimum absolute atomic E-state index is 0.0000897. The molecular formula is C20H25F3N4O4S. The number of aliphatic hydroxyl groups is 1. The number of benzene rings is 1. The van der Waals surface area contributed by atoms with Gasteiger partial charge in [0.2, 0.25) is 10.0 Å². The van der Waals surface area contributed by atoms with E-state index < -0.39 is 27.8 Å². The molecule has 1 aromatic carbocycles. The molecule has 32 heavy (non-hydrogen) atoms. The number of aliphatic hydroxyl groups excluding tert-OH is 1. The molecule has 12 heteroatoms. The Morgan fingerprint density at radius 1 is 1.25 bits per heavy atom.